The summed E-state index contributed by atoms with van der Waals surface area (Å²) in [5, 5.41) is 0. The summed E-state index contributed by atoms with van der Waals surface area (Å²) in [7, 11) is 3.52. The molecule has 3 rings (SSSR count). The summed E-state index contributed by atoms with van der Waals surface area (Å²) in [6, 6.07) is 5.37. The summed E-state index contributed by atoms with van der Waals surface area (Å²) in [6.45, 7) is 3.20. The molecule has 1 unspecified atom stereocenters. The van der Waals surface area contributed by atoms with E-state index in [1.165, 1.54) is 24.8 Å². The topological polar surface area (TPSA) is 64.2 Å². The Morgan fingerprint density at radius 2 is 1.69 bits per heavy atom. The van der Waals surface area contributed by atoms with E-state index in [1.807, 2.05) is 25.1 Å². The van der Waals surface area contributed by atoms with Crippen molar-refractivity contribution in [2.75, 3.05) is 59.3 Å². The molecule has 0 radical (unpaired) electrons. The molecule has 7 nitrogen and oxygen atoms in total. The van der Waals surface area contributed by atoms with Gasteiger partial charge in [-0.3, -0.25) is 4.79 Å². The summed E-state index contributed by atoms with van der Waals surface area (Å²) in [4.78, 5) is 20.0. The fourth-order valence-electron chi connectivity index (χ4n) is 4.20. The Morgan fingerprint density at radius 1 is 1.00 bits per heavy atom. The fourth-order valence-corrected chi connectivity index (χ4v) is 5.13. The van der Waals surface area contributed by atoms with Crippen LogP contribution < -0.4 is 4.90 Å². The second kappa shape index (κ2) is 9.02. The van der Waals surface area contributed by atoms with Gasteiger partial charge in [0.2, 0.25) is 10.0 Å². The van der Waals surface area contributed by atoms with Gasteiger partial charge in [0.05, 0.1) is 10.5 Å². The second-order valence-electron chi connectivity index (χ2n) is 8.52. The largest absolute Gasteiger partial charge is 0.371 e. The molecule has 0 N–H and O–H groups in total. The number of benzene rings is 1. The standard InChI is InChI=1S/C21H34N4O3S/c1-22(2)17-9-8-14-25(16-17)21(26)19-15-18(29(27,28)23(3)4)10-11-20(19)24-12-6-5-7-13-24/h10-11,15,17H,5-9,12-14,16H2,1-4H3. The average molecular weight is 423 g/mol. The molecule has 0 bridgehead atoms. The molecule has 29 heavy (non-hydrogen) atoms. The van der Waals surface area contributed by atoms with Crippen molar-refractivity contribution in [3.63, 3.8) is 0 Å². The zero-order valence-corrected chi connectivity index (χ0v) is 18.9. The van der Waals surface area contributed by atoms with Crippen LogP contribution in [0, 0.1) is 0 Å². The Labute approximate surface area is 175 Å². The van der Waals surface area contributed by atoms with Gasteiger partial charge in [-0.25, -0.2) is 12.7 Å². The fraction of sp³-hybridized carbons (Fsp3) is 0.667. The van der Waals surface area contributed by atoms with Gasteiger partial charge in [-0.2, -0.15) is 0 Å². The van der Waals surface area contributed by atoms with Gasteiger partial charge in [-0.15, -0.1) is 0 Å². The first-order chi connectivity index (χ1) is 13.7. The number of anilines is 1. The predicted octanol–water partition coefficient (Wildman–Crippen LogP) is 2.09. The predicted molar refractivity (Wildman–Crippen MR) is 116 cm³/mol. The molecular weight excluding hydrogens is 388 g/mol. The molecule has 2 heterocycles. The minimum Gasteiger partial charge on any atom is -0.371 e. The number of carbonyl (C=O) groups excluding carboxylic acids is 1. The van der Waals surface area contributed by atoms with Gasteiger partial charge >= 0.3 is 0 Å². The van der Waals surface area contributed by atoms with Crippen LogP contribution >= 0.6 is 0 Å². The number of hydrogen-bond donors (Lipinski definition) is 0. The van der Waals surface area contributed by atoms with Crippen LogP contribution in [0.15, 0.2) is 23.1 Å². The van der Waals surface area contributed by atoms with Gasteiger partial charge in [0.15, 0.2) is 0 Å². The molecule has 1 aromatic rings. The van der Waals surface area contributed by atoms with Crippen LogP contribution in [-0.2, 0) is 10.0 Å². The maximum Gasteiger partial charge on any atom is 0.256 e. The van der Waals surface area contributed by atoms with E-state index < -0.39 is 10.0 Å². The van der Waals surface area contributed by atoms with Crippen molar-refractivity contribution in [1.82, 2.24) is 14.1 Å². The molecule has 0 spiro atoms. The third-order valence-corrected chi connectivity index (χ3v) is 7.90. The molecule has 2 aliphatic rings. The van der Waals surface area contributed by atoms with Crippen molar-refractivity contribution in [3.05, 3.63) is 23.8 Å². The molecule has 2 aliphatic heterocycles. The van der Waals surface area contributed by atoms with E-state index in [-0.39, 0.29) is 10.8 Å². The van der Waals surface area contributed by atoms with Crippen molar-refractivity contribution in [3.8, 4) is 0 Å². The first kappa shape index (κ1) is 22.1. The highest BCUT2D eigenvalue weighted by atomic mass is 32.2. The lowest BCUT2D eigenvalue weighted by atomic mass is 10.0. The monoisotopic (exact) mass is 422 g/mol. The average Bonchev–Trinajstić information content (AvgIpc) is 2.73. The summed E-state index contributed by atoms with van der Waals surface area (Å²) in [6.07, 6.45) is 5.42. The number of rotatable bonds is 5. The zero-order valence-electron chi connectivity index (χ0n) is 18.1. The molecule has 2 fully saturated rings. The Balaban J connectivity index is 1.99. The van der Waals surface area contributed by atoms with Crippen LogP contribution in [0.2, 0.25) is 0 Å². The summed E-state index contributed by atoms with van der Waals surface area (Å²) in [5.74, 6) is -0.0621. The van der Waals surface area contributed by atoms with Gasteiger partial charge in [0.25, 0.3) is 5.91 Å². The molecule has 2 saturated heterocycles. The van der Waals surface area contributed by atoms with Crippen molar-refractivity contribution in [2.24, 2.45) is 0 Å². The smallest absolute Gasteiger partial charge is 0.256 e. The van der Waals surface area contributed by atoms with Gasteiger partial charge < -0.3 is 14.7 Å². The Hall–Kier alpha value is -1.64. The van der Waals surface area contributed by atoms with Gasteiger partial charge in [-0.05, 0) is 64.4 Å². The van der Waals surface area contributed by atoms with Gasteiger partial charge in [0.1, 0.15) is 0 Å². The SMILES string of the molecule is CN(C)C1CCCN(C(=O)c2cc(S(=O)(=O)N(C)C)ccc2N2CCCCC2)C1. The molecule has 0 saturated carbocycles. The van der Waals surface area contributed by atoms with Crippen LogP contribution in [-0.4, -0.2) is 88.8 Å². The maximum atomic E-state index is 13.6. The lowest BCUT2D eigenvalue weighted by Crippen LogP contribution is -2.47. The molecule has 1 amide bonds. The number of carbonyl (C=O) groups is 1. The first-order valence-electron chi connectivity index (χ1n) is 10.5. The first-order valence-corrected chi connectivity index (χ1v) is 11.9. The van der Waals surface area contributed by atoms with Crippen LogP contribution in [0.3, 0.4) is 0 Å². The van der Waals surface area contributed by atoms with E-state index in [1.54, 1.807) is 12.1 Å². The normalized spacial score (nSPS) is 21.1. The molecule has 0 aliphatic carbocycles. The summed E-state index contributed by atoms with van der Waals surface area (Å²) in [5.41, 5.74) is 1.37. The molecular formula is C21H34N4O3S. The molecule has 162 valence electrons. The highest BCUT2D eigenvalue weighted by Gasteiger charge is 2.30. The van der Waals surface area contributed by atoms with E-state index in [2.05, 4.69) is 9.80 Å². The van der Waals surface area contributed by atoms with Gasteiger partial charge in [0, 0.05) is 52.0 Å². The van der Waals surface area contributed by atoms with Gasteiger partial charge in [-0.1, -0.05) is 0 Å². The highest BCUT2D eigenvalue weighted by Crippen LogP contribution is 2.30. The van der Waals surface area contributed by atoms with E-state index in [0.717, 1.165) is 44.5 Å². The number of likely N-dealkylation sites (tertiary alicyclic amines) is 1. The quantitative estimate of drug-likeness (QED) is 0.727. The third kappa shape index (κ3) is 4.75. The van der Waals surface area contributed by atoms with Crippen molar-refractivity contribution < 1.29 is 13.2 Å². The van der Waals surface area contributed by atoms with Crippen molar-refractivity contribution in [2.45, 2.75) is 43.0 Å². The molecule has 1 atom stereocenters. The number of nitrogens with zero attached hydrogens (tertiary/aromatic N) is 4. The third-order valence-electron chi connectivity index (χ3n) is 6.09. The molecule has 0 aromatic heterocycles. The van der Waals surface area contributed by atoms with E-state index in [9.17, 15) is 13.2 Å². The van der Waals surface area contributed by atoms with Crippen LogP contribution in [0.25, 0.3) is 0 Å². The van der Waals surface area contributed by atoms with E-state index in [0.29, 0.717) is 24.7 Å². The maximum absolute atomic E-state index is 13.6. The number of hydrogen-bond acceptors (Lipinski definition) is 5. The minimum atomic E-state index is -3.60. The second-order valence-corrected chi connectivity index (χ2v) is 10.7. The van der Waals surface area contributed by atoms with Crippen LogP contribution in [0.4, 0.5) is 5.69 Å². The number of piperidine rings is 2. The van der Waals surface area contributed by atoms with Crippen molar-refractivity contribution >= 4 is 21.6 Å². The van der Waals surface area contributed by atoms with E-state index >= 15 is 0 Å². The lowest BCUT2D eigenvalue weighted by Gasteiger charge is -2.37. The molecule has 8 heteroatoms. The summed E-state index contributed by atoms with van der Waals surface area (Å²) >= 11 is 0. The minimum absolute atomic E-state index is 0.0621. The van der Waals surface area contributed by atoms with E-state index in [4.69, 9.17) is 0 Å². The number of amides is 1. The Bertz CT molecular complexity index is 832. The number of sulfonamides is 1. The Morgan fingerprint density at radius 3 is 2.31 bits per heavy atom. The van der Waals surface area contributed by atoms with Crippen LogP contribution in [0.1, 0.15) is 42.5 Å². The van der Waals surface area contributed by atoms with Crippen LogP contribution in [0.5, 0.6) is 0 Å². The summed E-state index contributed by atoms with van der Waals surface area (Å²) < 4.78 is 26.6. The van der Waals surface area contributed by atoms with Crippen molar-refractivity contribution in [1.29, 1.82) is 0 Å². The number of likely N-dealkylation sites (N-methyl/N-ethyl adjacent to an activating group) is 1. The Kier molecular flexibility index (Phi) is 6.86. The lowest BCUT2D eigenvalue weighted by molar-refractivity contribution is 0.0635. The highest BCUT2D eigenvalue weighted by molar-refractivity contribution is 7.89. The molecule has 1 aromatic carbocycles. The zero-order chi connectivity index (χ0) is 21.2.